The molecule has 1 aliphatic rings. The van der Waals surface area contributed by atoms with Crippen molar-refractivity contribution in [3.63, 3.8) is 0 Å². The maximum absolute atomic E-state index is 13.8. The van der Waals surface area contributed by atoms with Crippen molar-refractivity contribution >= 4 is 23.3 Å². The lowest BCUT2D eigenvalue weighted by atomic mass is 9.90. The van der Waals surface area contributed by atoms with Gasteiger partial charge in [-0.25, -0.2) is 0 Å². The Labute approximate surface area is 254 Å². The first-order valence-corrected chi connectivity index (χ1v) is 15.0. The summed E-state index contributed by atoms with van der Waals surface area (Å²) in [6.45, 7) is 3.37. The van der Waals surface area contributed by atoms with Crippen LogP contribution in [0.5, 0.6) is 0 Å². The van der Waals surface area contributed by atoms with Crippen LogP contribution < -0.4 is 9.80 Å². The largest absolute Gasteiger partial charge is 0.465 e. The topological polar surface area (TPSA) is 73.6 Å². The van der Waals surface area contributed by atoms with Crippen molar-refractivity contribution < 1.29 is 14.3 Å². The number of rotatable bonds is 11. The molecule has 1 heterocycles. The highest BCUT2D eigenvalue weighted by atomic mass is 16.5. The summed E-state index contributed by atoms with van der Waals surface area (Å²) in [4.78, 5) is 30.8. The molecule has 0 radical (unpaired) electrons. The SMILES string of the molecule is CCOC(=O)CN(CC(c1ccccc1)c1ccccc1)c1cccc2c1N(C(=O)CCc1ccc(C#N)cc1)CCC2. The normalized spacial score (nSPS) is 12.3. The Hall–Kier alpha value is -4.89. The lowest BCUT2D eigenvalue weighted by Gasteiger charge is -2.37. The highest BCUT2D eigenvalue weighted by molar-refractivity contribution is 5.99. The Morgan fingerprint density at radius 1 is 0.907 bits per heavy atom. The van der Waals surface area contributed by atoms with Crippen molar-refractivity contribution in [3.8, 4) is 6.07 Å². The zero-order valence-electron chi connectivity index (χ0n) is 24.6. The fraction of sp³-hybridized carbons (Fsp3) is 0.270. The summed E-state index contributed by atoms with van der Waals surface area (Å²) in [5, 5.41) is 9.11. The molecule has 0 atom stereocenters. The molecule has 0 saturated heterocycles. The molecule has 0 aliphatic carbocycles. The summed E-state index contributed by atoms with van der Waals surface area (Å²) in [5.74, 6) is -0.247. The van der Waals surface area contributed by atoms with E-state index in [0.29, 0.717) is 38.1 Å². The second-order valence-electron chi connectivity index (χ2n) is 10.8. The molecular weight excluding hydrogens is 534 g/mol. The molecular formula is C37H37N3O3. The molecule has 4 aromatic rings. The number of amides is 1. The van der Waals surface area contributed by atoms with E-state index in [-0.39, 0.29) is 24.3 Å². The van der Waals surface area contributed by atoms with E-state index >= 15 is 0 Å². The van der Waals surface area contributed by atoms with Gasteiger partial charge in [0.2, 0.25) is 5.91 Å². The van der Waals surface area contributed by atoms with Gasteiger partial charge in [-0.1, -0.05) is 84.9 Å². The number of benzene rings is 4. The zero-order valence-corrected chi connectivity index (χ0v) is 24.6. The molecule has 0 saturated carbocycles. The minimum atomic E-state index is -0.297. The van der Waals surface area contributed by atoms with E-state index in [9.17, 15) is 9.59 Å². The molecule has 0 unspecified atom stereocenters. The maximum atomic E-state index is 13.8. The third kappa shape index (κ3) is 7.31. The summed E-state index contributed by atoms with van der Waals surface area (Å²) in [6.07, 6.45) is 2.70. The number of anilines is 2. The monoisotopic (exact) mass is 571 g/mol. The van der Waals surface area contributed by atoms with Crippen molar-refractivity contribution in [1.82, 2.24) is 0 Å². The number of nitriles is 1. The third-order valence-corrected chi connectivity index (χ3v) is 7.98. The number of nitrogens with zero attached hydrogens (tertiary/aromatic N) is 3. The maximum Gasteiger partial charge on any atom is 0.325 e. The summed E-state index contributed by atoms with van der Waals surface area (Å²) in [6, 6.07) is 36.4. The Kier molecular flexibility index (Phi) is 9.86. The average Bonchev–Trinajstić information content (AvgIpc) is 3.06. The molecule has 0 spiro atoms. The first-order valence-electron chi connectivity index (χ1n) is 15.0. The number of para-hydroxylation sites is 1. The number of ether oxygens (including phenoxy) is 1. The van der Waals surface area contributed by atoms with Gasteiger partial charge in [0, 0.05) is 25.4 Å². The number of carbonyl (C=O) groups excluding carboxylic acids is 2. The Bertz CT molecular complexity index is 1520. The number of hydrogen-bond acceptors (Lipinski definition) is 5. The number of aryl methyl sites for hydroxylation is 2. The highest BCUT2D eigenvalue weighted by Gasteiger charge is 2.29. The van der Waals surface area contributed by atoms with Gasteiger partial charge in [-0.3, -0.25) is 9.59 Å². The zero-order chi connectivity index (χ0) is 30.0. The first kappa shape index (κ1) is 29.6. The van der Waals surface area contributed by atoms with Gasteiger partial charge in [0.15, 0.2) is 0 Å². The van der Waals surface area contributed by atoms with Crippen molar-refractivity contribution in [2.75, 3.05) is 36.0 Å². The fourth-order valence-electron chi connectivity index (χ4n) is 5.87. The van der Waals surface area contributed by atoms with E-state index in [1.54, 1.807) is 12.1 Å². The number of hydrogen-bond donors (Lipinski definition) is 0. The summed E-state index contributed by atoms with van der Waals surface area (Å²) in [5.41, 5.74) is 6.81. The van der Waals surface area contributed by atoms with E-state index in [2.05, 4.69) is 41.3 Å². The lowest BCUT2D eigenvalue weighted by molar-refractivity contribution is -0.141. The molecule has 0 aromatic heterocycles. The molecule has 6 heteroatoms. The van der Waals surface area contributed by atoms with Gasteiger partial charge in [0.1, 0.15) is 6.54 Å². The van der Waals surface area contributed by atoms with Crippen molar-refractivity contribution in [2.24, 2.45) is 0 Å². The van der Waals surface area contributed by atoms with Crippen molar-refractivity contribution in [1.29, 1.82) is 5.26 Å². The van der Waals surface area contributed by atoms with Gasteiger partial charge in [-0.15, -0.1) is 0 Å². The Morgan fingerprint density at radius 2 is 1.58 bits per heavy atom. The Balaban J connectivity index is 1.49. The van der Waals surface area contributed by atoms with Crippen LogP contribution in [0, 0.1) is 11.3 Å². The minimum absolute atomic E-state index is 0.00296. The predicted molar refractivity (Wildman–Crippen MR) is 170 cm³/mol. The smallest absolute Gasteiger partial charge is 0.325 e. The van der Waals surface area contributed by atoms with Gasteiger partial charge in [0.25, 0.3) is 0 Å². The van der Waals surface area contributed by atoms with Crippen LogP contribution in [0.3, 0.4) is 0 Å². The predicted octanol–water partition coefficient (Wildman–Crippen LogP) is 6.67. The highest BCUT2D eigenvalue weighted by Crippen LogP contribution is 2.39. The quantitative estimate of drug-likeness (QED) is 0.188. The Morgan fingerprint density at radius 3 is 2.21 bits per heavy atom. The van der Waals surface area contributed by atoms with Crippen LogP contribution in [0.1, 0.15) is 53.5 Å². The van der Waals surface area contributed by atoms with Crippen LogP contribution in [0.4, 0.5) is 11.4 Å². The first-order chi connectivity index (χ1) is 21.1. The number of esters is 1. The number of fused-ring (bicyclic) bond motifs is 1. The average molecular weight is 572 g/mol. The molecule has 43 heavy (non-hydrogen) atoms. The minimum Gasteiger partial charge on any atom is -0.465 e. The van der Waals surface area contributed by atoms with Crippen LogP contribution in [0.2, 0.25) is 0 Å². The number of carbonyl (C=O) groups is 2. The second-order valence-corrected chi connectivity index (χ2v) is 10.8. The van der Waals surface area contributed by atoms with Gasteiger partial charge < -0.3 is 14.5 Å². The lowest BCUT2D eigenvalue weighted by Crippen LogP contribution is -2.40. The van der Waals surface area contributed by atoms with Crippen molar-refractivity contribution in [2.45, 2.75) is 38.5 Å². The standard InChI is InChI=1S/C37H37N3O3/c1-2-43-36(42)27-39(26-33(30-11-5-3-6-12-30)31-13-7-4-8-14-31)34-17-9-15-32-16-10-24-40(37(32)34)35(41)23-22-28-18-20-29(25-38)21-19-28/h3-9,11-15,17-21,33H,2,10,16,22-24,26-27H2,1H3. The summed E-state index contributed by atoms with van der Waals surface area (Å²) >= 11 is 0. The molecule has 0 N–H and O–H groups in total. The summed E-state index contributed by atoms with van der Waals surface area (Å²) < 4.78 is 5.43. The van der Waals surface area contributed by atoms with E-state index in [1.165, 1.54) is 0 Å². The molecule has 0 fully saturated rings. The van der Waals surface area contributed by atoms with Gasteiger partial charge in [-0.05, 0) is 66.6 Å². The molecule has 1 aliphatic heterocycles. The van der Waals surface area contributed by atoms with Crippen molar-refractivity contribution in [3.05, 3.63) is 131 Å². The molecule has 1 amide bonds. The summed E-state index contributed by atoms with van der Waals surface area (Å²) in [7, 11) is 0. The fourth-order valence-corrected chi connectivity index (χ4v) is 5.87. The van der Waals surface area contributed by atoms with Crippen LogP contribution >= 0.6 is 0 Å². The second kappa shape index (κ2) is 14.3. The molecule has 218 valence electrons. The molecule has 0 bridgehead atoms. The van der Waals surface area contributed by atoms with Gasteiger partial charge in [0.05, 0.1) is 29.6 Å². The third-order valence-electron chi connectivity index (χ3n) is 7.98. The van der Waals surface area contributed by atoms with E-state index < -0.39 is 0 Å². The van der Waals surface area contributed by atoms with E-state index in [1.807, 2.05) is 72.5 Å². The van der Waals surface area contributed by atoms with Crippen LogP contribution in [-0.4, -0.2) is 38.1 Å². The van der Waals surface area contributed by atoms with Crippen LogP contribution in [-0.2, 0) is 27.2 Å². The van der Waals surface area contributed by atoms with Gasteiger partial charge in [-0.2, -0.15) is 5.26 Å². The van der Waals surface area contributed by atoms with E-state index in [0.717, 1.165) is 46.5 Å². The molecule has 5 rings (SSSR count). The van der Waals surface area contributed by atoms with Gasteiger partial charge >= 0.3 is 5.97 Å². The molecule has 4 aromatic carbocycles. The van der Waals surface area contributed by atoms with Crippen LogP contribution in [0.25, 0.3) is 0 Å². The molecule has 6 nitrogen and oxygen atoms in total. The van der Waals surface area contributed by atoms with E-state index in [4.69, 9.17) is 10.00 Å². The van der Waals surface area contributed by atoms with Crippen LogP contribution in [0.15, 0.2) is 103 Å².